The molecule has 0 spiro atoms. The molecule has 0 amide bonds. The molecule has 2 heterocycles. The topological polar surface area (TPSA) is 74.7 Å². The lowest BCUT2D eigenvalue weighted by Crippen LogP contribution is -2.38. The maximum atomic E-state index is 12.3. The third-order valence-corrected chi connectivity index (χ3v) is 6.34. The van der Waals surface area contributed by atoms with Crippen LogP contribution >= 0.6 is 0 Å². The van der Waals surface area contributed by atoms with Gasteiger partial charge in [0.05, 0.1) is 11.7 Å². The highest BCUT2D eigenvalue weighted by molar-refractivity contribution is 5.81. The summed E-state index contributed by atoms with van der Waals surface area (Å²) in [6.07, 6.45) is 8.40. The molecule has 2 aromatic heterocycles. The predicted octanol–water partition coefficient (Wildman–Crippen LogP) is 4.54. The minimum atomic E-state index is 0.00455. The molecule has 1 aliphatic carbocycles. The van der Waals surface area contributed by atoms with Gasteiger partial charge in [0.25, 0.3) is 5.56 Å². The van der Waals surface area contributed by atoms with Gasteiger partial charge in [-0.15, -0.1) is 0 Å². The molecule has 5 rings (SSSR count). The standard InChI is InChI=1S/C26H29N5O/c1-18-10-11-31(26(32)12-18)24-7-2-4-19(13-24)16-27-21-5-3-6-22(15-21)29-23-8-9-25-20(14-23)17-28-30-25/h2,4,7-14,17,21-22,27,29H,3,5-6,15-16H2,1H3,(H,28,30)/t21-,22-/m0/s1. The lowest BCUT2D eigenvalue weighted by molar-refractivity contribution is 0.350. The Labute approximate surface area is 187 Å². The van der Waals surface area contributed by atoms with Crippen LogP contribution in [0.3, 0.4) is 0 Å². The summed E-state index contributed by atoms with van der Waals surface area (Å²) >= 11 is 0. The van der Waals surface area contributed by atoms with Crippen molar-refractivity contribution in [2.24, 2.45) is 0 Å². The molecule has 32 heavy (non-hydrogen) atoms. The largest absolute Gasteiger partial charge is 0.382 e. The van der Waals surface area contributed by atoms with Gasteiger partial charge in [-0.1, -0.05) is 12.1 Å². The van der Waals surface area contributed by atoms with Crippen LogP contribution in [-0.2, 0) is 6.54 Å². The van der Waals surface area contributed by atoms with Gasteiger partial charge in [0.15, 0.2) is 0 Å². The van der Waals surface area contributed by atoms with E-state index in [1.165, 1.54) is 24.8 Å². The van der Waals surface area contributed by atoms with E-state index in [4.69, 9.17) is 0 Å². The van der Waals surface area contributed by atoms with Gasteiger partial charge >= 0.3 is 0 Å². The first kappa shape index (κ1) is 20.5. The van der Waals surface area contributed by atoms with Crippen LogP contribution in [0, 0.1) is 6.92 Å². The van der Waals surface area contributed by atoms with Gasteiger partial charge in [-0.25, -0.2) is 0 Å². The summed E-state index contributed by atoms with van der Waals surface area (Å²) in [5, 5.41) is 15.7. The molecule has 2 aromatic carbocycles. The van der Waals surface area contributed by atoms with Crippen LogP contribution in [0.2, 0.25) is 0 Å². The molecule has 1 aliphatic rings. The molecule has 3 N–H and O–H groups in total. The Morgan fingerprint density at radius 2 is 2.00 bits per heavy atom. The van der Waals surface area contributed by atoms with Gasteiger partial charge in [0, 0.05) is 47.7 Å². The number of pyridine rings is 1. The van der Waals surface area contributed by atoms with E-state index in [-0.39, 0.29) is 5.56 Å². The van der Waals surface area contributed by atoms with Crippen molar-refractivity contribution in [1.82, 2.24) is 20.1 Å². The van der Waals surface area contributed by atoms with Crippen LogP contribution < -0.4 is 16.2 Å². The van der Waals surface area contributed by atoms with Crippen LogP contribution in [-0.4, -0.2) is 26.8 Å². The summed E-state index contributed by atoms with van der Waals surface area (Å²) < 4.78 is 1.70. The monoisotopic (exact) mass is 427 g/mol. The van der Waals surface area contributed by atoms with Crippen molar-refractivity contribution >= 4 is 16.6 Å². The Morgan fingerprint density at radius 1 is 1.09 bits per heavy atom. The highest BCUT2D eigenvalue weighted by Crippen LogP contribution is 2.24. The molecule has 1 saturated carbocycles. The molecule has 0 bridgehead atoms. The normalized spacial score (nSPS) is 18.7. The average molecular weight is 428 g/mol. The zero-order chi connectivity index (χ0) is 21.9. The van der Waals surface area contributed by atoms with Crippen molar-refractivity contribution in [2.45, 2.75) is 51.2 Å². The fraction of sp³-hybridized carbons (Fsp3) is 0.308. The third kappa shape index (κ3) is 4.60. The molecule has 164 valence electrons. The van der Waals surface area contributed by atoms with E-state index in [0.717, 1.165) is 40.8 Å². The first-order chi connectivity index (χ1) is 15.6. The Bertz CT molecular complexity index is 1270. The maximum Gasteiger partial charge on any atom is 0.255 e. The van der Waals surface area contributed by atoms with E-state index < -0.39 is 0 Å². The van der Waals surface area contributed by atoms with Gasteiger partial charge in [0.1, 0.15) is 0 Å². The molecule has 6 heteroatoms. The molecule has 0 radical (unpaired) electrons. The molecule has 0 unspecified atom stereocenters. The number of benzene rings is 2. The predicted molar refractivity (Wildman–Crippen MR) is 129 cm³/mol. The van der Waals surface area contributed by atoms with Gasteiger partial charge in [-0.2, -0.15) is 5.10 Å². The summed E-state index contributed by atoms with van der Waals surface area (Å²) in [6.45, 7) is 2.74. The number of rotatable bonds is 6. The minimum absolute atomic E-state index is 0.00455. The van der Waals surface area contributed by atoms with Crippen LogP contribution in [0.5, 0.6) is 0 Å². The Kier molecular flexibility index (Phi) is 5.77. The number of aromatic amines is 1. The first-order valence-electron chi connectivity index (χ1n) is 11.4. The third-order valence-electron chi connectivity index (χ3n) is 6.34. The lowest BCUT2D eigenvalue weighted by atomic mass is 9.90. The SMILES string of the molecule is Cc1ccn(-c2cccc(CN[C@H]3CCC[C@H](Nc4ccc5[nH]ncc5c4)C3)c2)c(=O)c1. The molecule has 6 nitrogen and oxygen atoms in total. The number of hydrogen-bond acceptors (Lipinski definition) is 4. The summed E-state index contributed by atoms with van der Waals surface area (Å²) in [4.78, 5) is 12.3. The van der Waals surface area contributed by atoms with Gasteiger partial charge < -0.3 is 10.6 Å². The van der Waals surface area contributed by atoms with Gasteiger partial charge in [0.2, 0.25) is 0 Å². The quantitative estimate of drug-likeness (QED) is 0.422. The summed E-state index contributed by atoms with van der Waals surface area (Å²) in [5.74, 6) is 0. The van der Waals surface area contributed by atoms with Gasteiger partial charge in [-0.3, -0.25) is 14.5 Å². The highest BCUT2D eigenvalue weighted by Gasteiger charge is 2.21. The fourth-order valence-electron chi connectivity index (χ4n) is 4.64. The van der Waals surface area contributed by atoms with Crippen molar-refractivity contribution in [3.8, 4) is 5.69 Å². The second-order valence-electron chi connectivity index (χ2n) is 8.84. The number of nitrogens with one attached hydrogen (secondary N) is 3. The molecular formula is C26H29N5O. The Hall–Kier alpha value is -3.38. The number of H-pyrrole nitrogens is 1. The van der Waals surface area contributed by atoms with Crippen molar-refractivity contribution < 1.29 is 0 Å². The van der Waals surface area contributed by atoms with E-state index in [9.17, 15) is 4.79 Å². The molecule has 1 fully saturated rings. The van der Waals surface area contributed by atoms with Crippen LogP contribution in [0.1, 0.15) is 36.8 Å². The minimum Gasteiger partial charge on any atom is -0.382 e. The number of aromatic nitrogens is 3. The van der Waals surface area contributed by atoms with Gasteiger partial charge in [-0.05, 0) is 80.1 Å². The van der Waals surface area contributed by atoms with E-state index in [1.54, 1.807) is 10.6 Å². The number of hydrogen-bond donors (Lipinski definition) is 3. The van der Waals surface area contributed by atoms with E-state index in [1.807, 2.05) is 37.5 Å². The maximum absolute atomic E-state index is 12.3. The van der Waals surface area contributed by atoms with Crippen molar-refractivity contribution in [2.75, 3.05) is 5.32 Å². The molecule has 0 saturated heterocycles. The smallest absolute Gasteiger partial charge is 0.255 e. The fourth-order valence-corrected chi connectivity index (χ4v) is 4.64. The van der Waals surface area contributed by atoms with Crippen LogP contribution in [0.15, 0.2) is 71.8 Å². The van der Waals surface area contributed by atoms with E-state index in [2.05, 4.69) is 51.2 Å². The highest BCUT2D eigenvalue weighted by atomic mass is 16.1. The number of aryl methyl sites for hydroxylation is 1. The second kappa shape index (κ2) is 9.01. The van der Waals surface area contributed by atoms with Crippen LogP contribution in [0.4, 0.5) is 5.69 Å². The molecule has 4 aromatic rings. The lowest BCUT2D eigenvalue weighted by Gasteiger charge is -2.31. The van der Waals surface area contributed by atoms with Crippen molar-refractivity contribution in [3.63, 3.8) is 0 Å². The zero-order valence-electron chi connectivity index (χ0n) is 18.3. The number of anilines is 1. The van der Waals surface area contributed by atoms with E-state index in [0.29, 0.717) is 12.1 Å². The first-order valence-corrected chi connectivity index (χ1v) is 11.4. The summed E-state index contributed by atoms with van der Waals surface area (Å²) in [6, 6.07) is 19.2. The second-order valence-corrected chi connectivity index (χ2v) is 8.84. The number of nitrogens with zero attached hydrogens (tertiary/aromatic N) is 2. The van der Waals surface area contributed by atoms with E-state index >= 15 is 0 Å². The average Bonchev–Trinajstić information content (AvgIpc) is 3.26. The number of fused-ring (bicyclic) bond motifs is 1. The van der Waals surface area contributed by atoms with Crippen molar-refractivity contribution in [1.29, 1.82) is 0 Å². The zero-order valence-corrected chi connectivity index (χ0v) is 18.3. The van der Waals surface area contributed by atoms with Crippen LogP contribution in [0.25, 0.3) is 16.6 Å². The Balaban J connectivity index is 1.20. The molecule has 2 atom stereocenters. The Morgan fingerprint density at radius 3 is 2.91 bits per heavy atom. The van der Waals surface area contributed by atoms with Crippen molar-refractivity contribution in [3.05, 3.63) is 88.5 Å². The summed E-state index contributed by atoms with van der Waals surface area (Å²) in [7, 11) is 0. The summed E-state index contributed by atoms with van der Waals surface area (Å²) in [5.41, 5.74) is 5.30. The molecular weight excluding hydrogens is 398 g/mol. The molecule has 0 aliphatic heterocycles.